The van der Waals surface area contributed by atoms with E-state index in [-0.39, 0.29) is 30.1 Å². The van der Waals surface area contributed by atoms with Crippen LogP contribution in [0.25, 0.3) is 0 Å². The zero-order valence-electron chi connectivity index (χ0n) is 25.2. The predicted octanol–water partition coefficient (Wildman–Crippen LogP) is 3.29. The van der Waals surface area contributed by atoms with Crippen LogP contribution in [0, 0.1) is 29.6 Å². The Bertz CT molecular complexity index is 876. The average molecular weight is 552 g/mol. The molecule has 0 saturated carbocycles. The van der Waals surface area contributed by atoms with Crippen LogP contribution >= 0.6 is 0 Å². The Labute approximate surface area is 235 Å². The molecule has 0 aliphatic carbocycles. The van der Waals surface area contributed by atoms with Crippen molar-refractivity contribution < 1.29 is 28.9 Å². The van der Waals surface area contributed by atoms with Gasteiger partial charge in [0.2, 0.25) is 11.8 Å². The van der Waals surface area contributed by atoms with Crippen LogP contribution in [-0.2, 0) is 20.7 Å². The number of aliphatic hydroxyl groups excluding tert-OH is 1. The summed E-state index contributed by atoms with van der Waals surface area (Å²) in [5.41, 5.74) is 13.1. The van der Waals surface area contributed by atoms with Crippen LogP contribution in [0.1, 0.15) is 66.4 Å². The van der Waals surface area contributed by atoms with Gasteiger partial charge >= 0.3 is 0 Å². The van der Waals surface area contributed by atoms with Crippen LogP contribution in [0.15, 0.2) is 18.2 Å². The maximum Gasteiger partial charge on any atom is 0.240 e. The third-order valence-electron chi connectivity index (χ3n) is 7.40. The zero-order chi connectivity index (χ0) is 29.7. The first-order chi connectivity index (χ1) is 18.3. The third-order valence-corrected chi connectivity index (χ3v) is 7.40. The minimum Gasteiger partial charge on any atom is -0.493 e. The topological polar surface area (TPSA) is 146 Å². The van der Waals surface area contributed by atoms with Crippen molar-refractivity contribution in [3.8, 4) is 11.5 Å². The molecule has 6 N–H and O–H groups in total. The summed E-state index contributed by atoms with van der Waals surface area (Å²) in [7, 11) is 3.29. The Morgan fingerprint density at radius 1 is 0.949 bits per heavy atom. The van der Waals surface area contributed by atoms with Crippen LogP contribution in [0.3, 0.4) is 0 Å². The predicted molar refractivity (Wildman–Crippen MR) is 155 cm³/mol. The van der Waals surface area contributed by atoms with Gasteiger partial charge in [-0.05, 0) is 60.6 Å². The van der Waals surface area contributed by atoms with E-state index in [1.54, 1.807) is 14.2 Å². The molecular weight excluding hydrogens is 498 g/mol. The highest BCUT2D eigenvalue weighted by Crippen LogP contribution is 2.32. The first kappa shape index (κ1) is 34.7. The number of benzene rings is 1. The Morgan fingerprint density at radius 3 is 2.13 bits per heavy atom. The number of primary amides is 1. The van der Waals surface area contributed by atoms with Crippen molar-refractivity contribution in [2.45, 2.75) is 85.4 Å². The summed E-state index contributed by atoms with van der Waals surface area (Å²) in [4.78, 5) is 24.8. The van der Waals surface area contributed by atoms with E-state index in [1.807, 2.05) is 45.9 Å². The summed E-state index contributed by atoms with van der Waals surface area (Å²) in [6.45, 7) is 13.0. The molecule has 9 nitrogen and oxygen atoms in total. The normalized spacial score (nSPS) is 15.6. The Balaban J connectivity index is 2.91. The standard InChI is InChI=1S/C30H53N3O6/c1-18(2)22(14-21-10-11-26(38-8)27(15-21)39-13-9-12-37-7)16-24(31)25(34)17-23(19(3)4)30(36)33-28(20(5)6)29(32)35/h10-11,15,18-20,22-25,28,34H,9,12-14,16-17,31H2,1-8H3,(H2,32,35)(H,33,36)/t22-,23-,24-,25-,28-/m0/s1. The van der Waals surface area contributed by atoms with Crippen LogP contribution in [-0.4, -0.2) is 62.5 Å². The molecule has 1 aromatic rings. The minimum absolute atomic E-state index is 0.0463. The lowest BCUT2D eigenvalue weighted by atomic mass is 9.80. The highest BCUT2D eigenvalue weighted by Gasteiger charge is 2.32. The molecule has 0 aromatic heterocycles. The molecule has 39 heavy (non-hydrogen) atoms. The number of methoxy groups -OCH3 is 2. The van der Waals surface area contributed by atoms with Crippen LogP contribution in [0.5, 0.6) is 11.5 Å². The number of nitrogens with one attached hydrogen (secondary N) is 1. The molecule has 0 heterocycles. The number of ether oxygens (including phenoxy) is 3. The van der Waals surface area contributed by atoms with E-state index < -0.39 is 30.0 Å². The molecule has 2 amide bonds. The van der Waals surface area contributed by atoms with Crippen LogP contribution < -0.4 is 26.3 Å². The van der Waals surface area contributed by atoms with Gasteiger partial charge in [0.25, 0.3) is 0 Å². The van der Waals surface area contributed by atoms with Crippen molar-refractivity contribution in [1.82, 2.24) is 5.32 Å². The Hall–Kier alpha value is -2.36. The maximum atomic E-state index is 13.0. The second kappa shape index (κ2) is 17.4. The molecule has 0 unspecified atom stereocenters. The van der Waals surface area contributed by atoms with E-state index >= 15 is 0 Å². The second-order valence-electron chi connectivity index (χ2n) is 11.6. The van der Waals surface area contributed by atoms with Crippen molar-refractivity contribution in [1.29, 1.82) is 0 Å². The largest absolute Gasteiger partial charge is 0.493 e. The fourth-order valence-corrected chi connectivity index (χ4v) is 4.69. The van der Waals surface area contributed by atoms with Crippen molar-refractivity contribution in [3.05, 3.63) is 23.8 Å². The van der Waals surface area contributed by atoms with Gasteiger partial charge in [0.1, 0.15) is 6.04 Å². The fraction of sp³-hybridized carbons (Fsp3) is 0.733. The van der Waals surface area contributed by atoms with E-state index in [4.69, 9.17) is 25.7 Å². The van der Waals surface area contributed by atoms with Crippen LogP contribution in [0.4, 0.5) is 0 Å². The lowest BCUT2D eigenvalue weighted by Crippen LogP contribution is -2.51. The van der Waals surface area contributed by atoms with E-state index in [9.17, 15) is 14.7 Å². The number of carbonyl (C=O) groups is 2. The number of nitrogens with two attached hydrogens (primary N) is 2. The van der Waals surface area contributed by atoms with Crippen molar-refractivity contribution in [2.24, 2.45) is 41.1 Å². The summed E-state index contributed by atoms with van der Waals surface area (Å²) >= 11 is 0. The van der Waals surface area contributed by atoms with Gasteiger partial charge in [-0.2, -0.15) is 0 Å². The van der Waals surface area contributed by atoms with Crippen LogP contribution in [0.2, 0.25) is 0 Å². The zero-order valence-corrected chi connectivity index (χ0v) is 25.2. The van der Waals surface area contributed by atoms with E-state index in [0.29, 0.717) is 37.1 Å². The first-order valence-electron chi connectivity index (χ1n) is 14.1. The van der Waals surface area contributed by atoms with Crippen molar-refractivity contribution in [2.75, 3.05) is 27.4 Å². The lowest BCUT2D eigenvalue weighted by molar-refractivity contribution is -0.132. The molecule has 0 bridgehead atoms. The van der Waals surface area contributed by atoms with Gasteiger partial charge in [0, 0.05) is 32.1 Å². The molecule has 0 saturated heterocycles. The molecular formula is C30H53N3O6. The van der Waals surface area contributed by atoms with Gasteiger partial charge in [-0.3, -0.25) is 9.59 Å². The number of aliphatic hydroxyl groups is 1. The smallest absolute Gasteiger partial charge is 0.240 e. The second-order valence-corrected chi connectivity index (χ2v) is 11.6. The highest BCUT2D eigenvalue weighted by atomic mass is 16.5. The monoisotopic (exact) mass is 551 g/mol. The van der Waals surface area contributed by atoms with Gasteiger partial charge in [-0.1, -0.05) is 47.6 Å². The van der Waals surface area contributed by atoms with Gasteiger partial charge in [0.15, 0.2) is 11.5 Å². The average Bonchev–Trinajstić information content (AvgIpc) is 2.86. The molecule has 5 atom stereocenters. The molecule has 0 aliphatic rings. The van der Waals surface area contributed by atoms with E-state index in [2.05, 4.69) is 19.2 Å². The molecule has 0 radical (unpaired) electrons. The summed E-state index contributed by atoms with van der Waals surface area (Å²) in [5, 5.41) is 13.8. The number of carbonyl (C=O) groups excluding carboxylic acids is 2. The first-order valence-corrected chi connectivity index (χ1v) is 14.1. The van der Waals surface area contributed by atoms with Gasteiger partial charge < -0.3 is 36.1 Å². The lowest BCUT2D eigenvalue weighted by Gasteiger charge is -2.31. The summed E-state index contributed by atoms with van der Waals surface area (Å²) in [6, 6.07) is 4.68. The summed E-state index contributed by atoms with van der Waals surface area (Å²) < 4.78 is 16.5. The third kappa shape index (κ3) is 11.7. The van der Waals surface area contributed by atoms with E-state index in [1.165, 1.54) is 0 Å². The van der Waals surface area contributed by atoms with Crippen molar-refractivity contribution >= 4 is 11.8 Å². The highest BCUT2D eigenvalue weighted by molar-refractivity contribution is 5.87. The number of hydrogen-bond donors (Lipinski definition) is 4. The summed E-state index contributed by atoms with van der Waals surface area (Å²) in [5.74, 6) is 0.369. The fourth-order valence-electron chi connectivity index (χ4n) is 4.69. The Morgan fingerprint density at radius 2 is 1.62 bits per heavy atom. The molecule has 0 spiro atoms. The van der Waals surface area contributed by atoms with Gasteiger partial charge in [-0.25, -0.2) is 0 Å². The number of amides is 2. The number of rotatable bonds is 19. The molecule has 9 heteroatoms. The van der Waals surface area contributed by atoms with Crippen molar-refractivity contribution in [3.63, 3.8) is 0 Å². The van der Waals surface area contributed by atoms with E-state index in [0.717, 1.165) is 18.4 Å². The molecule has 224 valence electrons. The molecule has 0 aliphatic heterocycles. The number of hydrogen-bond acceptors (Lipinski definition) is 7. The summed E-state index contributed by atoms with van der Waals surface area (Å²) in [6.07, 6.45) is 1.48. The van der Waals surface area contributed by atoms with Gasteiger partial charge in [0.05, 0.1) is 19.8 Å². The van der Waals surface area contributed by atoms with Gasteiger partial charge in [-0.15, -0.1) is 0 Å². The molecule has 1 rings (SSSR count). The minimum atomic E-state index is -0.869. The molecule has 1 aromatic carbocycles. The SMILES string of the molecule is COCCCOc1cc(C[C@@H](C[C@H](N)[C@@H](O)C[C@H](C(=O)N[C@H](C(N)=O)C(C)C)C(C)C)C(C)C)ccc1OC. The Kier molecular flexibility index (Phi) is 15.4. The quantitative estimate of drug-likeness (QED) is 0.193. The maximum absolute atomic E-state index is 13.0. The molecule has 0 fully saturated rings.